The minimum atomic E-state index is -0.890. The first-order valence-corrected chi connectivity index (χ1v) is 45.3. The number of carbonyl (C=O) groups is 8. The summed E-state index contributed by atoms with van der Waals surface area (Å²) in [5.41, 5.74) is 0.779. The Labute approximate surface area is 786 Å². The molecule has 10 atom stereocenters. The van der Waals surface area contributed by atoms with Gasteiger partial charge in [0.15, 0.2) is 58.2 Å². The molecule has 25 nitrogen and oxygen atoms in total. The molecular formula is C99H117ClF10N14O11. The molecule has 0 saturated carbocycles. The summed E-state index contributed by atoms with van der Waals surface area (Å²) in [6.07, 6.45) is 29.3. The van der Waals surface area contributed by atoms with Gasteiger partial charge in [-0.15, -0.1) is 18.9 Å². The van der Waals surface area contributed by atoms with Gasteiger partial charge >= 0.3 is 18.3 Å². The van der Waals surface area contributed by atoms with Crippen molar-refractivity contribution in [2.75, 3.05) is 103 Å². The Hall–Kier alpha value is -12.2. The van der Waals surface area contributed by atoms with E-state index in [1.54, 1.807) is 39.0 Å². The van der Waals surface area contributed by atoms with E-state index in [-0.39, 0.29) is 107 Å². The van der Waals surface area contributed by atoms with Gasteiger partial charge < -0.3 is 63.6 Å². The molecule has 726 valence electrons. The molecule has 12 heterocycles. The molecular weight excluding hydrogens is 1790 g/mol. The van der Waals surface area contributed by atoms with Crippen molar-refractivity contribution in [1.29, 1.82) is 0 Å². The minimum absolute atomic E-state index is 0.00423. The van der Waals surface area contributed by atoms with Gasteiger partial charge in [-0.25, -0.2) is 78.2 Å². The van der Waals surface area contributed by atoms with Crippen LogP contribution < -0.4 is 10.2 Å². The van der Waals surface area contributed by atoms with Crippen LogP contribution in [-0.4, -0.2) is 252 Å². The molecule has 10 aliphatic rings. The summed E-state index contributed by atoms with van der Waals surface area (Å²) in [6, 6.07) is 15.5. The Morgan fingerprint density at radius 1 is 0.422 bits per heavy atom. The number of hydrogen-bond donors (Lipinski definition) is 1. The first-order chi connectivity index (χ1) is 63.9. The third kappa shape index (κ3) is 30.4. The molecule has 4 aromatic carbocycles. The van der Waals surface area contributed by atoms with Crippen molar-refractivity contribution in [1.82, 2.24) is 64.5 Å². The molecule has 10 fully saturated rings. The number of carbonyl (C=O) groups excluding carboxylic acids is 8. The summed E-state index contributed by atoms with van der Waals surface area (Å²) in [6.45, 7) is 32.9. The van der Waals surface area contributed by atoms with Gasteiger partial charge in [-0.1, -0.05) is 79.5 Å². The SMILES string of the molecule is C#CC[C@H]1C[C@H]2CN(C(=O)OC(C)(C)C)CCN2C1=O.C=CC[C@H]1C[C@H]2CN(C(=O)OC(C)(C)C)CCN2C1=O.C=Cc1ccc(F)c(F)c1.CC(C)(C)OC(=O)N1CCN2C(=O)[C@@H](C/C=C/c3ccc(F)c(F)c3)C[C@H]2C1.Fc1cnc(Cl)nc1.O=C1[C@@H](C/C=C/c2ccc(F)c(F)c2)C[C@H]2CN(c3ncc(F)cn3)CCN12.O=C1[C@@H](C/C=C/c2ccc(F)c(F)c2)C[C@H]2CNCCN12. The number of piperazine rings is 5. The monoisotopic (exact) mass is 1900 g/mol. The highest BCUT2D eigenvalue weighted by Gasteiger charge is 2.48. The molecule has 0 unspecified atom stereocenters. The van der Waals surface area contributed by atoms with Gasteiger partial charge in [-0.05, 0) is 202 Å². The van der Waals surface area contributed by atoms with Crippen LogP contribution in [0, 0.1) is 100 Å². The lowest BCUT2D eigenvalue weighted by Gasteiger charge is -2.38. The fourth-order valence-corrected chi connectivity index (χ4v) is 17.4. The second-order valence-corrected chi connectivity index (χ2v) is 37.5. The molecule has 10 aliphatic heterocycles. The van der Waals surface area contributed by atoms with Crippen LogP contribution >= 0.6 is 11.6 Å². The van der Waals surface area contributed by atoms with Gasteiger partial charge in [0.2, 0.25) is 40.8 Å². The Morgan fingerprint density at radius 2 is 0.733 bits per heavy atom. The van der Waals surface area contributed by atoms with E-state index in [0.717, 1.165) is 119 Å². The van der Waals surface area contributed by atoms with Crippen molar-refractivity contribution in [2.24, 2.45) is 29.6 Å². The largest absolute Gasteiger partial charge is 0.444 e. The molecule has 1 N–H and O–H groups in total. The number of terminal acetylenes is 1. The van der Waals surface area contributed by atoms with E-state index >= 15 is 0 Å². The minimum Gasteiger partial charge on any atom is -0.444 e. The van der Waals surface area contributed by atoms with Crippen LogP contribution in [0.5, 0.6) is 0 Å². The second-order valence-electron chi connectivity index (χ2n) is 37.1. The van der Waals surface area contributed by atoms with Crippen LogP contribution in [0.4, 0.5) is 64.2 Å². The van der Waals surface area contributed by atoms with E-state index in [2.05, 4.69) is 44.3 Å². The number of nitrogens with zero attached hydrogens (tertiary/aromatic N) is 13. The van der Waals surface area contributed by atoms with Crippen LogP contribution in [0.2, 0.25) is 5.28 Å². The molecule has 0 spiro atoms. The fraction of sp³-hybridized carbons (Fsp3) is 0.475. The zero-order valence-corrected chi connectivity index (χ0v) is 78.0. The van der Waals surface area contributed by atoms with Gasteiger partial charge in [-0.3, -0.25) is 24.0 Å². The maximum atomic E-state index is 13.3. The molecule has 10 saturated heterocycles. The molecule has 2 aromatic heterocycles. The second kappa shape index (κ2) is 47.8. The van der Waals surface area contributed by atoms with Crippen molar-refractivity contribution in [3.63, 3.8) is 0 Å². The summed E-state index contributed by atoms with van der Waals surface area (Å²) in [5, 5.41) is 3.36. The van der Waals surface area contributed by atoms with E-state index in [9.17, 15) is 82.3 Å². The number of ether oxygens (including phenoxy) is 3. The molecule has 0 radical (unpaired) electrons. The number of hydrogen-bond acceptors (Lipinski definition) is 17. The summed E-state index contributed by atoms with van der Waals surface area (Å²) in [4.78, 5) is 130. The number of benzene rings is 4. The fourth-order valence-electron chi connectivity index (χ4n) is 17.3. The van der Waals surface area contributed by atoms with E-state index in [1.165, 1.54) is 30.3 Å². The molecule has 0 aliphatic carbocycles. The van der Waals surface area contributed by atoms with Crippen molar-refractivity contribution < 1.29 is 96.5 Å². The van der Waals surface area contributed by atoms with Crippen LogP contribution in [-0.2, 0) is 38.2 Å². The summed E-state index contributed by atoms with van der Waals surface area (Å²) in [7, 11) is 0. The van der Waals surface area contributed by atoms with Gasteiger partial charge in [0.1, 0.15) is 16.8 Å². The summed E-state index contributed by atoms with van der Waals surface area (Å²) >= 11 is 5.22. The number of halogens is 11. The highest BCUT2D eigenvalue weighted by molar-refractivity contribution is 6.28. The Morgan fingerprint density at radius 3 is 1.07 bits per heavy atom. The summed E-state index contributed by atoms with van der Waals surface area (Å²) in [5.74, 6) is -4.40. The van der Waals surface area contributed by atoms with E-state index in [1.807, 2.05) is 110 Å². The third-order valence-corrected chi connectivity index (χ3v) is 23.9. The molecule has 6 aromatic rings. The average Bonchev–Trinajstić information content (AvgIpc) is 1.66. The topological polar surface area (TPSA) is 257 Å². The van der Waals surface area contributed by atoms with E-state index in [4.69, 9.17) is 32.2 Å². The quantitative estimate of drug-likeness (QED) is 0.0349. The predicted molar refractivity (Wildman–Crippen MR) is 490 cm³/mol. The van der Waals surface area contributed by atoms with Gasteiger partial charge in [0.25, 0.3) is 0 Å². The normalized spacial score (nSPS) is 22.3. The first kappa shape index (κ1) is 105. The van der Waals surface area contributed by atoms with Gasteiger partial charge in [0.05, 0.1) is 54.9 Å². The van der Waals surface area contributed by atoms with Crippen molar-refractivity contribution in [3.05, 3.63) is 221 Å². The number of aromatic nitrogens is 4. The number of allylic oxidation sites excluding steroid dienone is 4. The number of nitrogens with one attached hydrogen (secondary N) is 1. The lowest BCUT2D eigenvalue weighted by Crippen LogP contribution is -2.54. The van der Waals surface area contributed by atoms with E-state index in [0.29, 0.717) is 151 Å². The standard InChI is InChI=1S/C21H26F2N2O3.C20H19F3N4O.C16H18F2N2O.C15H24N2O3.C15H22N2O3.C8H6F2.C4H2ClFN2/c1-21(2,3)28-20(27)24-9-10-25-16(13-24)12-15(19(25)26)6-4-5-14-7-8-17(22)18(23)11-14;21-15-10-24-20(25-11-15)26-6-7-27-16(12-26)9-14(19(27)28)3-1-2-13-4-5-17(22)18(23)8-13;17-14-5-4-11(8-15(14)18)2-1-3-12-9-13-10-19-6-7-20(13)16(12)21;2*1-5-6-11-9-12-10-16(7-8-17(12)13(11)18)14(19)20-15(2,3)4;1-2-6-3-4-7(9)8(10)5-6;5-4-7-1-3(6)2-8-4/h4-5,7-8,11,15-16H,6,9-10,12-13H2,1-3H3;1-2,4-5,8,10-11,14,16H,3,6-7,9,12H2;1-2,4-5,8,12-13,19H,3,6-7,9-10H2;5,11-12H,1,6-10H2,2-4H3;1,11-12H,6-10H2,2-4H3;2-5H,1H2;1-2H/b5-4+;2*2-1+;;;;/t15-,16-;14-,16-;12-,13-;2*11-,12-;;/m00000../s1. The number of anilines is 1. The maximum Gasteiger partial charge on any atom is 0.410 e. The van der Waals surface area contributed by atoms with Crippen LogP contribution in [0.1, 0.15) is 149 Å². The Bertz CT molecular complexity index is 5280. The summed E-state index contributed by atoms with van der Waals surface area (Å²) < 4.78 is 144. The maximum absolute atomic E-state index is 13.3. The van der Waals surface area contributed by atoms with Crippen molar-refractivity contribution in [2.45, 2.75) is 174 Å². The molecule has 36 heteroatoms. The molecule has 8 amide bonds. The Kier molecular flexibility index (Phi) is 37.2. The van der Waals surface area contributed by atoms with Gasteiger partial charge in [-0.2, -0.15) is 0 Å². The smallest absolute Gasteiger partial charge is 0.410 e. The van der Waals surface area contributed by atoms with Crippen molar-refractivity contribution >= 4 is 89.7 Å². The Balaban J connectivity index is 0.000000168. The third-order valence-electron chi connectivity index (χ3n) is 23.7. The molecule has 135 heavy (non-hydrogen) atoms. The van der Waals surface area contributed by atoms with Crippen LogP contribution in [0.3, 0.4) is 0 Å². The van der Waals surface area contributed by atoms with E-state index < -0.39 is 75.0 Å². The lowest BCUT2D eigenvalue weighted by atomic mass is 10.00. The van der Waals surface area contributed by atoms with Crippen molar-refractivity contribution in [3.8, 4) is 12.3 Å². The zero-order chi connectivity index (χ0) is 98.3. The number of fused-ring (bicyclic) bond motifs is 5. The number of amides is 8. The van der Waals surface area contributed by atoms with Gasteiger partial charge in [0, 0.05) is 134 Å². The van der Waals surface area contributed by atoms with Crippen LogP contribution in [0.25, 0.3) is 24.3 Å². The first-order valence-electron chi connectivity index (χ1n) is 44.9. The zero-order valence-electron chi connectivity index (χ0n) is 77.3. The lowest BCUT2D eigenvalue weighted by molar-refractivity contribution is -0.134. The molecule has 16 rings (SSSR count). The molecule has 0 bridgehead atoms. The average molecular weight is 1900 g/mol. The highest BCUT2D eigenvalue weighted by Crippen LogP contribution is 2.37. The number of rotatable bonds is 14. The predicted octanol–water partition coefficient (Wildman–Crippen LogP) is 16.4. The van der Waals surface area contributed by atoms with Crippen LogP contribution in [0.15, 0.2) is 135 Å². The highest BCUT2D eigenvalue weighted by atomic mass is 35.5.